The van der Waals surface area contributed by atoms with Gasteiger partial charge in [-0.25, -0.2) is 22.0 Å². The third-order valence-corrected chi connectivity index (χ3v) is 2.46. The van der Waals surface area contributed by atoms with E-state index in [-0.39, 0.29) is 0 Å². The maximum Gasteiger partial charge on any atom is 0.431 e. The third-order valence-electron chi connectivity index (χ3n) is 2.46. The van der Waals surface area contributed by atoms with E-state index in [9.17, 15) is 48.3 Å². The summed E-state index contributed by atoms with van der Waals surface area (Å²) in [4.78, 5) is 0. The molecule has 0 aromatic carbocycles. The molecule has 0 rings (SSSR count). The SMILES string of the molecule is FC(F)CCC(F)(F)CCC(F)(C(F)(F)F)C(F)(F)F. The van der Waals surface area contributed by atoms with Crippen molar-refractivity contribution < 1.29 is 48.3 Å². The first-order valence-corrected chi connectivity index (χ1v) is 5.11. The van der Waals surface area contributed by atoms with Crippen molar-refractivity contribution in [2.45, 2.75) is 56.1 Å². The molecule has 0 amide bonds. The van der Waals surface area contributed by atoms with Crippen LogP contribution in [0.5, 0.6) is 0 Å². The van der Waals surface area contributed by atoms with Crippen molar-refractivity contribution in [1.82, 2.24) is 0 Å². The van der Waals surface area contributed by atoms with Gasteiger partial charge in [-0.05, 0) is 0 Å². The molecule has 0 aromatic rings. The van der Waals surface area contributed by atoms with E-state index in [0.717, 1.165) is 0 Å². The minimum absolute atomic E-state index is 1.41. The molecule has 0 heterocycles. The van der Waals surface area contributed by atoms with Gasteiger partial charge < -0.3 is 0 Å². The molecule has 0 aliphatic rings. The van der Waals surface area contributed by atoms with E-state index >= 15 is 0 Å². The van der Waals surface area contributed by atoms with E-state index in [1.54, 1.807) is 0 Å². The van der Waals surface area contributed by atoms with Crippen LogP contribution in [0.3, 0.4) is 0 Å². The normalized spacial score (nSPS) is 15.0. The summed E-state index contributed by atoms with van der Waals surface area (Å²) in [5.74, 6) is -4.25. The molecule has 122 valence electrons. The summed E-state index contributed by atoms with van der Waals surface area (Å²) in [6.07, 6.45) is -23.8. The summed E-state index contributed by atoms with van der Waals surface area (Å²) >= 11 is 0. The van der Waals surface area contributed by atoms with Crippen molar-refractivity contribution >= 4 is 0 Å². The molecule has 0 saturated heterocycles. The lowest BCUT2D eigenvalue weighted by Gasteiger charge is -2.31. The Labute approximate surface area is 105 Å². The largest absolute Gasteiger partial charge is 0.431 e. The van der Waals surface area contributed by atoms with Crippen LogP contribution in [0.15, 0.2) is 0 Å². The highest BCUT2D eigenvalue weighted by Crippen LogP contribution is 2.50. The molecule has 0 N–H and O–H groups in total. The van der Waals surface area contributed by atoms with E-state index in [4.69, 9.17) is 0 Å². The van der Waals surface area contributed by atoms with Gasteiger partial charge in [0, 0.05) is 25.7 Å². The lowest BCUT2D eigenvalue weighted by atomic mass is 9.94. The second-order valence-electron chi connectivity index (χ2n) is 4.08. The molecule has 0 spiro atoms. The van der Waals surface area contributed by atoms with Crippen LogP contribution < -0.4 is 0 Å². The topological polar surface area (TPSA) is 0 Å². The average molecular weight is 326 g/mol. The predicted octanol–water partition coefficient (Wildman–Crippen LogP) is 5.28. The van der Waals surface area contributed by atoms with Gasteiger partial charge in [0.2, 0.25) is 12.3 Å². The minimum atomic E-state index is -6.43. The van der Waals surface area contributed by atoms with Gasteiger partial charge in [0.15, 0.2) is 0 Å². The summed E-state index contributed by atoms with van der Waals surface area (Å²) in [6.45, 7) is 0. The van der Waals surface area contributed by atoms with Crippen molar-refractivity contribution in [3.8, 4) is 0 Å². The lowest BCUT2D eigenvalue weighted by molar-refractivity contribution is -0.345. The van der Waals surface area contributed by atoms with Gasteiger partial charge in [0.25, 0.3) is 5.67 Å². The van der Waals surface area contributed by atoms with E-state index < -0.39 is 56.1 Å². The maximum absolute atomic E-state index is 13.0. The Hall–Kier alpha value is -0.770. The number of hydrogen-bond acceptors (Lipinski definition) is 0. The number of alkyl halides is 11. The minimum Gasteiger partial charge on any atom is -0.224 e. The van der Waals surface area contributed by atoms with Crippen molar-refractivity contribution in [3.63, 3.8) is 0 Å². The Morgan fingerprint density at radius 3 is 1.30 bits per heavy atom. The zero-order valence-corrected chi connectivity index (χ0v) is 9.56. The van der Waals surface area contributed by atoms with Gasteiger partial charge in [-0.2, -0.15) is 26.3 Å². The highest BCUT2D eigenvalue weighted by atomic mass is 19.4. The first-order valence-electron chi connectivity index (χ1n) is 5.11. The monoisotopic (exact) mass is 326 g/mol. The molecule has 0 aliphatic heterocycles. The first-order chi connectivity index (χ1) is 8.62. The third kappa shape index (κ3) is 4.97. The predicted molar refractivity (Wildman–Crippen MR) is 45.4 cm³/mol. The average Bonchev–Trinajstić information content (AvgIpc) is 2.20. The van der Waals surface area contributed by atoms with Crippen LogP contribution in [-0.4, -0.2) is 30.4 Å². The van der Waals surface area contributed by atoms with Crippen LogP contribution in [-0.2, 0) is 0 Å². The molecular weight excluding hydrogens is 317 g/mol. The number of halogens is 11. The quantitative estimate of drug-likeness (QED) is 0.583. The fourth-order valence-electron chi connectivity index (χ4n) is 1.24. The fraction of sp³-hybridized carbons (Fsp3) is 1.00. The van der Waals surface area contributed by atoms with Crippen LogP contribution >= 0.6 is 0 Å². The van der Waals surface area contributed by atoms with Crippen LogP contribution in [0.1, 0.15) is 25.7 Å². The Morgan fingerprint density at radius 1 is 0.600 bits per heavy atom. The molecule has 0 saturated carbocycles. The molecule has 20 heavy (non-hydrogen) atoms. The molecule has 0 atom stereocenters. The van der Waals surface area contributed by atoms with E-state index in [0.29, 0.717) is 0 Å². The highest BCUT2D eigenvalue weighted by molar-refractivity contribution is 4.95. The maximum atomic E-state index is 13.0. The van der Waals surface area contributed by atoms with E-state index in [1.807, 2.05) is 0 Å². The second kappa shape index (κ2) is 5.92. The molecular formula is C9H9F11. The van der Waals surface area contributed by atoms with Gasteiger partial charge >= 0.3 is 12.4 Å². The highest BCUT2D eigenvalue weighted by Gasteiger charge is 2.72. The lowest BCUT2D eigenvalue weighted by Crippen LogP contribution is -2.53. The molecule has 0 nitrogen and oxygen atoms in total. The molecule has 0 aromatic heterocycles. The molecule has 0 fully saturated rings. The van der Waals surface area contributed by atoms with Gasteiger partial charge in [0.05, 0.1) is 0 Å². The standard InChI is InChI=1S/C9H9F11/c10-5(11)1-2-6(12,13)3-4-7(14,8(15,16)17)9(18,19)20/h5H,1-4H2. The first kappa shape index (κ1) is 19.2. The molecule has 0 unspecified atom stereocenters. The van der Waals surface area contributed by atoms with Crippen molar-refractivity contribution in [1.29, 1.82) is 0 Å². The summed E-state index contributed by atoms with van der Waals surface area (Å²) in [5, 5.41) is 0. The van der Waals surface area contributed by atoms with E-state index in [2.05, 4.69) is 0 Å². The summed E-state index contributed by atoms with van der Waals surface area (Å²) < 4.78 is 134. The Kier molecular flexibility index (Phi) is 5.69. The smallest absolute Gasteiger partial charge is 0.224 e. The van der Waals surface area contributed by atoms with Gasteiger partial charge in [-0.15, -0.1) is 0 Å². The summed E-state index contributed by atoms with van der Waals surface area (Å²) in [6, 6.07) is 0. The number of hydrogen-bond donors (Lipinski definition) is 0. The van der Waals surface area contributed by atoms with Gasteiger partial charge in [0.1, 0.15) is 0 Å². The van der Waals surface area contributed by atoms with Crippen LogP contribution in [0.2, 0.25) is 0 Å². The zero-order valence-electron chi connectivity index (χ0n) is 9.56. The van der Waals surface area contributed by atoms with Crippen LogP contribution in [0.4, 0.5) is 48.3 Å². The van der Waals surface area contributed by atoms with Crippen molar-refractivity contribution in [2.75, 3.05) is 0 Å². The molecule has 0 bridgehead atoms. The van der Waals surface area contributed by atoms with Crippen molar-refractivity contribution in [3.05, 3.63) is 0 Å². The van der Waals surface area contributed by atoms with Gasteiger partial charge in [-0.1, -0.05) is 0 Å². The molecule has 0 radical (unpaired) electrons. The fourth-order valence-corrected chi connectivity index (χ4v) is 1.24. The number of rotatable bonds is 6. The Morgan fingerprint density at radius 2 is 1.00 bits per heavy atom. The second-order valence-corrected chi connectivity index (χ2v) is 4.08. The Balaban J connectivity index is 4.88. The van der Waals surface area contributed by atoms with Crippen LogP contribution in [0, 0.1) is 0 Å². The summed E-state index contributed by atoms with van der Waals surface area (Å²) in [5.41, 5.74) is -5.80. The molecule has 0 aliphatic carbocycles. The Bertz CT molecular complexity index is 286. The molecule has 11 heteroatoms. The van der Waals surface area contributed by atoms with Gasteiger partial charge in [-0.3, -0.25) is 0 Å². The van der Waals surface area contributed by atoms with Crippen molar-refractivity contribution in [2.24, 2.45) is 0 Å². The zero-order chi connectivity index (χ0) is 16.4. The van der Waals surface area contributed by atoms with Crippen LogP contribution in [0.25, 0.3) is 0 Å². The summed E-state index contributed by atoms with van der Waals surface area (Å²) in [7, 11) is 0. The van der Waals surface area contributed by atoms with E-state index in [1.165, 1.54) is 0 Å².